The highest BCUT2D eigenvalue weighted by Crippen LogP contribution is 2.38. The van der Waals surface area contributed by atoms with Crippen LogP contribution in [0, 0.1) is 0 Å². The summed E-state index contributed by atoms with van der Waals surface area (Å²) >= 11 is 13.6. The fraction of sp³-hybridized carbons (Fsp3) is 0.481. The van der Waals surface area contributed by atoms with Gasteiger partial charge in [0.2, 0.25) is 8.77 Å². The van der Waals surface area contributed by atoms with E-state index in [0.29, 0.717) is 15.4 Å². The Labute approximate surface area is 236 Å². The zero-order valence-corrected chi connectivity index (χ0v) is 26.0. The van der Waals surface area contributed by atoms with Gasteiger partial charge in [-0.15, -0.1) is 0 Å². The fourth-order valence-electron chi connectivity index (χ4n) is 4.84. The maximum absolute atomic E-state index is 7.16. The Hall–Kier alpha value is -0.943. The van der Waals surface area contributed by atoms with Crippen molar-refractivity contribution in [1.82, 2.24) is 0 Å². The van der Waals surface area contributed by atoms with E-state index in [4.69, 9.17) is 43.1 Å². The summed E-state index contributed by atoms with van der Waals surface area (Å²) in [5, 5.41) is 2.31. The summed E-state index contributed by atoms with van der Waals surface area (Å²) in [6.07, 6.45) is 3.29. The van der Waals surface area contributed by atoms with Gasteiger partial charge in [-0.05, 0) is 58.8 Å². The zero-order chi connectivity index (χ0) is 26.3. The standard InChI is InChI=1S/C27H36O4S4Si/c1-7-21-23(30-25(32)34-5)24(31-26(33)35-6)22(29-21)18-28-36(27(2,3)4,19-14-10-8-11-15-19)20-16-12-9-13-17-20/h8-17,21-24H,7,18H2,1-6H3/t21-,22+,23?,24?/m0/s1. The highest BCUT2D eigenvalue weighted by Gasteiger charge is 2.53. The molecule has 0 bridgehead atoms. The minimum absolute atomic E-state index is 0.139. The molecule has 0 radical (unpaired) electrons. The van der Waals surface area contributed by atoms with E-state index in [1.165, 1.54) is 33.9 Å². The average Bonchev–Trinajstić information content (AvgIpc) is 3.20. The summed E-state index contributed by atoms with van der Waals surface area (Å²) in [6.45, 7) is 9.24. The SMILES string of the molecule is CC[C@@H]1O[C@H](CO[Si](c2ccccc2)(c2ccccc2)C(C)(C)C)C(OC(=S)SC)C1OC(=S)SC. The molecule has 36 heavy (non-hydrogen) atoms. The molecule has 4 nitrogen and oxygen atoms in total. The lowest BCUT2D eigenvalue weighted by molar-refractivity contribution is -0.0151. The van der Waals surface area contributed by atoms with Crippen LogP contribution in [-0.4, -0.2) is 60.6 Å². The Kier molecular flexibility index (Phi) is 10.9. The molecule has 1 fully saturated rings. The van der Waals surface area contributed by atoms with E-state index < -0.39 is 14.4 Å². The third kappa shape index (κ3) is 6.54. The van der Waals surface area contributed by atoms with Gasteiger partial charge in [0.05, 0.1) is 12.7 Å². The van der Waals surface area contributed by atoms with Crippen molar-refractivity contribution in [3.8, 4) is 0 Å². The van der Waals surface area contributed by atoms with Crippen molar-refractivity contribution < 1.29 is 18.6 Å². The summed E-state index contributed by atoms with van der Waals surface area (Å²) in [6, 6.07) is 21.2. The van der Waals surface area contributed by atoms with E-state index in [1.807, 2.05) is 24.6 Å². The summed E-state index contributed by atoms with van der Waals surface area (Å²) in [7, 11) is -2.73. The maximum atomic E-state index is 7.16. The van der Waals surface area contributed by atoms with Gasteiger partial charge in [-0.25, -0.2) is 0 Å². The summed E-state index contributed by atoms with van der Waals surface area (Å²) < 4.78 is 27.0. The normalized spacial score (nSPS) is 22.3. The van der Waals surface area contributed by atoms with Crippen LogP contribution >= 0.6 is 48.0 Å². The predicted octanol–water partition coefficient (Wildman–Crippen LogP) is 5.81. The van der Waals surface area contributed by atoms with E-state index in [9.17, 15) is 0 Å². The lowest BCUT2D eigenvalue weighted by Gasteiger charge is -2.43. The van der Waals surface area contributed by atoms with Gasteiger partial charge in [-0.3, -0.25) is 0 Å². The van der Waals surface area contributed by atoms with E-state index >= 15 is 0 Å². The maximum Gasteiger partial charge on any atom is 0.261 e. The molecule has 3 rings (SSSR count). The summed E-state index contributed by atoms with van der Waals surface area (Å²) in [4.78, 5) is 0. The molecule has 2 unspecified atom stereocenters. The Bertz CT molecular complexity index is 960. The van der Waals surface area contributed by atoms with Crippen molar-refractivity contribution in [2.45, 2.75) is 63.6 Å². The number of hydrogen-bond donors (Lipinski definition) is 0. The molecule has 1 aliphatic rings. The van der Waals surface area contributed by atoms with Crippen molar-refractivity contribution in [3.05, 3.63) is 60.7 Å². The molecule has 196 valence electrons. The molecule has 0 aromatic heterocycles. The number of ether oxygens (including phenoxy) is 3. The van der Waals surface area contributed by atoms with Crippen LogP contribution in [0.3, 0.4) is 0 Å². The lowest BCUT2D eigenvalue weighted by atomic mass is 10.1. The first-order valence-electron chi connectivity index (χ1n) is 12.1. The van der Waals surface area contributed by atoms with Crippen LogP contribution in [-0.2, 0) is 18.6 Å². The minimum Gasteiger partial charge on any atom is -0.468 e. The molecule has 0 saturated carbocycles. The van der Waals surface area contributed by atoms with Crippen LogP contribution < -0.4 is 10.4 Å². The van der Waals surface area contributed by atoms with E-state index in [1.54, 1.807) is 0 Å². The Morgan fingerprint density at radius 3 is 1.67 bits per heavy atom. The van der Waals surface area contributed by atoms with Gasteiger partial charge in [-0.1, -0.05) is 112 Å². The number of thiocarbonyl (C=S) groups is 2. The molecule has 0 N–H and O–H groups in total. The fourth-order valence-corrected chi connectivity index (χ4v) is 10.0. The van der Waals surface area contributed by atoms with Crippen LogP contribution in [0.2, 0.25) is 5.04 Å². The highest BCUT2D eigenvalue weighted by molar-refractivity contribution is 8.22. The molecule has 0 amide bonds. The Balaban J connectivity index is 2.01. The van der Waals surface area contributed by atoms with Gasteiger partial charge in [0.1, 0.15) is 6.10 Å². The van der Waals surface area contributed by atoms with E-state index in [-0.39, 0.29) is 23.4 Å². The third-order valence-corrected chi connectivity index (χ3v) is 13.5. The molecular formula is C27H36O4S4Si. The van der Waals surface area contributed by atoms with Crippen LogP contribution in [0.5, 0.6) is 0 Å². The number of hydrogen-bond acceptors (Lipinski definition) is 8. The third-order valence-electron chi connectivity index (χ3n) is 6.49. The molecule has 1 saturated heterocycles. The van der Waals surface area contributed by atoms with Gasteiger partial charge in [0.25, 0.3) is 8.32 Å². The molecule has 2 aromatic rings. The second-order valence-electron chi connectivity index (χ2n) is 9.67. The van der Waals surface area contributed by atoms with Crippen LogP contribution in [0.4, 0.5) is 0 Å². The average molecular weight is 581 g/mol. The largest absolute Gasteiger partial charge is 0.468 e. The quantitative estimate of drug-likeness (QED) is 0.286. The molecule has 1 heterocycles. The molecule has 2 aromatic carbocycles. The predicted molar refractivity (Wildman–Crippen MR) is 164 cm³/mol. The van der Waals surface area contributed by atoms with Crippen molar-refractivity contribution in [3.63, 3.8) is 0 Å². The number of benzene rings is 2. The van der Waals surface area contributed by atoms with Gasteiger partial charge < -0.3 is 18.6 Å². The minimum atomic E-state index is -2.73. The van der Waals surface area contributed by atoms with Crippen molar-refractivity contribution in [1.29, 1.82) is 0 Å². The molecule has 1 aliphatic heterocycles. The molecule has 4 atom stereocenters. The van der Waals surface area contributed by atoms with E-state index in [0.717, 1.165) is 6.42 Å². The van der Waals surface area contributed by atoms with Crippen molar-refractivity contribution in [2.24, 2.45) is 0 Å². The van der Waals surface area contributed by atoms with Gasteiger partial charge in [-0.2, -0.15) is 0 Å². The van der Waals surface area contributed by atoms with Gasteiger partial charge >= 0.3 is 0 Å². The molecule has 0 spiro atoms. The van der Waals surface area contributed by atoms with Crippen LogP contribution in [0.1, 0.15) is 34.1 Å². The second kappa shape index (κ2) is 13.2. The Morgan fingerprint density at radius 2 is 1.28 bits per heavy atom. The smallest absolute Gasteiger partial charge is 0.261 e. The molecular weight excluding hydrogens is 545 g/mol. The summed E-state index contributed by atoms with van der Waals surface area (Å²) in [5.74, 6) is 0. The summed E-state index contributed by atoms with van der Waals surface area (Å²) in [5.41, 5.74) is 0. The first-order chi connectivity index (χ1) is 17.2. The number of thioether (sulfide) groups is 2. The highest BCUT2D eigenvalue weighted by atomic mass is 32.2. The zero-order valence-electron chi connectivity index (χ0n) is 21.8. The van der Waals surface area contributed by atoms with Gasteiger partial charge in [0.15, 0.2) is 12.2 Å². The number of rotatable bonds is 8. The second-order valence-corrected chi connectivity index (χ2v) is 16.8. The lowest BCUT2D eigenvalue weighted by Crippen LogP contribution is -2.67. The first-order valence-corrected chi connectivity index (χ1v) is 17.2. The van der Waals surface area contributed by atoms with Crippen molar-refractivity contribution in [2.75, 3.05) is 19.1 Å². The van der Waals surface area contributed by atoms with Crippen LogP contribution in [0.15, 0.2) is 60.7 Å². The topological polar surface area (TPSA) is 36.9 Å². The van der Waals surface area contributed by atoms with Gasteiger partial charge in [0, 0.05) is 0 Å². The molecule has 0 aliphatic carbocycles. The Morgan fingerprint density at radius 1 is 0.833 bits per heavy atom. The van der Waals surface area contributed by atoms with Crippen LogP contribution in [0.25, 0.3) is 0 Å². The monoisotopic (exact) mass is 580 g/mol. The van der Waals surface area contributed by atoms with Crippen molar-refractivity contribution >= 4 is 75.4 Å². The first kappa shape index (κ1) is 29.6. The molecule has 9 heteroatoms. The van der Waals surface area contributed by atoms with E-state index in [2.05, 4.69) is 76.2 Å².